The molecule has 1 aliphatic heterocycles. The van der Waals surface area contributed by atoms with Crippen molar-refractivity contribution in [2.75, 3.05) is 40.4 Å². The second kappa shape index (κ2) is 10.3. The Bertz CT molecular complexity index is 1110. The van der Waals surface area contributed by atoms with Gasteiger partial charge in [0.1, 0.15) is 22.5 Å². The molecule has 0 bridgehead atoms. The van der Waals surface area contributed by atoms with Crippen LogP contribution in [-0.2, 0) is 9.53 Å². The molecule has 33 heavy (non-hydrogen) atoms. The summed E-state index contributed by atoms with van der Waals surface area (Å²) in [7, 11) is 3.01. The number of carbonyl (C=O) groups excluding carboxylic acids is 2. The fourth-order valence-electron chi connectivity index (χ4n) is 3.84. The Hall–Kier alpha value is -2.94. The van der Waals surface area contributed by atoms with E-state index < -0.39 is 6.04 Å². The maximum absolute atomic E-state index is 13.0. The molecule has 7 nitrogen and oxygen atoms in total. The number of carbonyl (C=O) groups is 2. The molecule has 2 heterocycles. The van der Waals surface area contributed by atoms with E-state index in [9.17, 15) is 9.59 Å². The van der Waals surface area contributed by atoms with Gasteiger partial charge in [0.25, 0.3) is 5.91 Å². The number of benzene rings is 2. The molecule has 1 unspecified atom stereocenters. The largest absolute Gasteiger partial charge is 0.497 e. The van der Waals surface area contributed by atoms with Gasteiger partial charge in [0, 0.05) is 42.1 Å². The van der Waals surface area contributed by atoms with E-state index in [2.05, 4.69) is 4.98 Å². The Kier molecular flexibility index (Phi) is 7.27. The van der Waals surface area contributed by atoms with E-state index >= 15 is 0 Å². The van der Waals surface area contributed by atoms with Crippen LogP contribution < -0.4 is 4.74 Å². The average Bonchev–Trinajstić information content (AvgIpc) is 3.35. The van der Waals surface area contributed by atoms with Crippen molar-refractivity contribution in [1.82, 2.24) is 14.8 Å². The maximum atomic E-state index is 13.0. The van der Waals surface area contributed by atoms with Gasteiger partial charge in [-0.15, -0.1) is 11.3 Å². The lowest BCUT2D eigenvalue weighted by Crippen LogP contribution is -2.51. The normalized spacial score (nSPS) is 15.2. The molecule has 3 aromatic rings. The van der Waals surface area contributed by atoms with Gasteiger partial charge in [-0.25, -0.2) is 9.78 Å². The van der Waals surface area contributed by atoms with Gasteiger partial charge in [-0.2, -0.15) is 0 Å². The molecule has 0 radical (unpaired) electrons. The molecule has 1 aromatic heterocycles. The Labute approximate surface area is 201 Å². The molecule has 0 aliphatic carbocycles. The van der Waals surface area contributed by atoms with Crippen LogP contribution in [0.5, 0.6) is 5.75 Å². The molecule has 0 saturated carbocycles. The maximum Gasteiger partial charge on any atom is 0.327 e. The minimum absolute atomic E-state index is 0.105. The van der Waals surface area contributed by atoms with Crippen LogP contribution in [0.1, 0.15) is 22.1 Å². The predicted molar refractivity (Wildman–Crippen MR) is 128 cm³/mol. The second-order valence-electron chi connectivity index (χ2n) is 7.57. The number of rotatable bonds is 6. The van der Waals surface area contributed by atoms with E-state index in [1.54, 1.807) is 29.5 Å². The first-order valence-electron chi connectivity index (χ1n) is 10.5. The smallest absolute Gasteiger partial charge is 0.327 e. The summed E-state index contributed by atoms with van der Waals surface area (Å²) in [5, 5.41) is 3.18. The van der Waals surface area contributed by atoms with Crippen molar-refractivity contribution in [2.45, 2.75) is 6.04 Å². The third-order valence-corrected chi connectivity index (χ3v) is 6.78. The number of methoxy groups -OCH3 is 2. The number of piperazine rings is 1. The van der Waals surface area contributed by atoms with Crippen LogP contribution in [0.4, 0.5) is 0 Å². The number of esters is 1. The van der Waals surface area contributed by atoms with Crippen molar-refractivity contribution < 1.29 is 19.1 Å². The summed E-state index contributed by atoms with van der Waals surface area (Å²) >= 11 is 7.43. The Morgan fingerprint density at radius 1 is 1.00 bits per heavy atom. The van der Waals surface area contributed by atoms with E-state index in [-0.39, 0.29) is 11.9 Å². The van der Waals surface area contributed by atoms with Crippen LogP contribution in [0.2, 0.25) is 5.02 Å². The fraction of sp³-hybridized carbons (Fsp3) is 0.292. The Morgan fingerprint density at radius 3 is 2.27 bits per heavy atom. The van der Waals surface area contributed by atoms with Crippen molar-refractivity contribution in [3.63, 3.8) is 0 Å². The van der Waals surface area contributed by atoms with Crippen LogP contribution >= 0.6 is 22.9 Å². The summed E-state index contributed by atoms with van der Waals surface area (Å²) < 4.78 is 10.2. The molecule has 172 valence electrons. The summed E-state index contributed by atoms with van der Waals surface area (Å²) in [4.78, 5) is 33.9. The Balaban J connectivity index is 1.42. The summed E-state index contributed by atoms with van der Waals surface area (Å²) in [5.41, 5.74) is 2.18. The zero-order chi connectivity index (χ0) is 23.4. The topological polar surface area (TPSA) is 72.0 Å². The number of hydrogen-bond donors (Lipinski definition) is 0. The van der Waals surface area contributed by atoms with Crippen molar-refractivity contribution in [3.8, 4) is 16.3 Å². The molecule has 1 fully saturated rings. The minimum atomic E-state index is -0.537. The van der Waals surface area contributed by atoms with Crippen LogP contribution in [0.3, 0.4) is 0 Å². The highest BCUT2D eigenvalue weighted by atomic mass is 35.5. The molecule has 9 heteroatoms. The number of thiazole rings is 1. The molecule has 1 amide bonds. The van der Waals surface area contributed by atoms with Crippen molar-refractivity contribution in [1.29, 1.82) is 0 Å². The van der Waals surface area contributed by atoms with Gasteiger partial charge in [0.2, 0.25) is 0 Å². The van der Waals surface area contributed by atoms with Gasteiger partial charge >= 0.3 is 5.97 Å². The van der Waals surface area contributed by atoms with Gasteiger partial charge < -0.3 is 14.4 Å². The number of ether oxygens (including phenoxy) is 2. The average molecular weight is 486 g/mol. The first kappa shape index (κ1) is 23.2. The molecule has 2 aromatic carbocycles. The highest BCUT2D eigenvalue weighted by molar-refractivity contribution is 7.13. The molecule has 0 spiro atoms. The van der Waals surface area contributed by atoms with E-state index in [1.165, 1.54) is 18.4 Å². The number of nitrogens with zero attached hydrogens (tertiary/aromatic N) is 3. The van der Waals surface area contributed by atoms with Gasteiger partial charge in [-0.3, -0.25) is 9.69 Å². The molecule has 1 saturated heterocycles. The molecular formula is C24H24ClN3O4S. The van der Waals surface area contributed by atoms with E-state index in [1.807, 2.05) is 41.3 Å². The zero-order valence-corrected chi connectivity index (χ0v) is 19.9. The lowest BCUT2D eigenvalue weighted by Gasteiger charge is -2.38. The molecule has 0 N–H and O–H groups in total. The first-order chi connectivity index (χ1) is 16.0. The minimum Gasteiger partial charge on any atom is -0.497 e. The van der Waals surface area contributed by atoms with Crippen molar-refractivity contribution in [3.05, 3.63) is 70.2 Å². The van der Waals surface area contributed by atoms with Gasteiger partial charge in [0.05, 0.1) is 14.2 Å². The Morgan fingerprint density at radius 2 is 1.67 bits per heavy atom. The fourth-order valence-corrected chi connectivity index (χ4v) is 4.76. The highest BCUT2D eigenvalue weighted by Gasteiger charge is 2.33. The second-order valence-corrected chi connectivity index (χ2v) is 8.87. The van der Waals surface area contributed by atoms with Crippen molar-refractivity contribution >= 4 is 34.8 Å². The van der Waals surface area contributed by atoms with Gasteiger partial charge in [0.15, 0.2) is 0 Å². The number of aromatic nitrogens is 1. The lowest BCUT2D eigenvalue weighted by molar-refractivity contribution is -0.148. The van der Waals surface area contributed by atoms with E-state index in [0.717, 1.165) is 21.9 Å². The monoisotopic (exact) mass is 485 g/mol. The number of amides is 1. The summed E-state index contributed by atoms with van der Waals surface area (Å²) in [6, 6.07) is 14.2. The number of hydrogen-bond acceptors (Lipinski definition) is 7. The summed E-state index contributed by atoms with van der Waals surface area (Å²) in [6.45, 7) is 2.08. The quantitative estimate of drug-likeness (QED) is 0.488. The van der Waals surface area contributed by atoms with Crippen LogP contribution in [-0.4, -0.2) is 67.1 Å². The predicted octanol–water partition coefficient (Wildman–Crippen LogP) is 4.14. The standard InChI is InChI=1S/C24H24ClN3O4S/c1-31-19-9-5-17(6-10-19)22-26-20(15-33-22)23(29)28-13-11-27(12-14-28)21(24(30)32-2)16-3-7-18(25)8-4-16/h3-10,15,21H,11-14H2,1-2H3. The van der Waals surface area contributed by atoms with E-state index in [4.69, 9.17) is 21.1 Å². The van der Waals surface area contributed by atoms with Crippen LogP contribution in [0, 0.1) is 0 Å². The molecule has 1 atom stereocenters. The van der Waals surface area contributed by atoms with Crippen LogP contribution in [0.25, 0.3) is 10.6 Å². The third kappa shape index (κ3) is 5.19. The molecule has 4 rings (SSSR count). The van der Waals surface area contributed by atoms with Crippen LogP contribution in [0.15, 0.2) is 53.9 Å². The summed E-state index contributed by atoms with van der Waals surface area (Å²) in [5.74, 6) is 0.334. The SMILES string of the molecule is COC(=O)C(c1ccc(Cl)cc1)N1CCN(C(=O)c2csc(-c3ccc(OC)cc3)n2)CC1. The molecular weight excluding hydrogens is 462 g/mol. The first-order valence-corrected chi connectivity index (χ1v) is 11.7. The van der Waals surface area contributed by atoms with Gasteiger partial charge in [-0.1, -0.05) is 23.7 Å². The van der Waals surface area contributed by atoms with Gasteiger partial charge in [-0.05, 0) is 42.0 Å². The van der Waals surface area contributed by atoms with E-state index in [0.29, 0.717) is 36.9 Å². The zero-order valence-electron chi connectivity index (χ0n) is 18.4. The van der Waals surface area contributed by atoms with Crippen molar-refractivity contribution in [2.24, 2.45) is 0 Å². The third-order valence-electron chi connectivity index (χ3n) is 5.64. The summed E-state index contributed by atoms with van der Waals surface area (Å²) in [6.07, 6.45) is 0. The highest BCUT2D eigenvalue weighted by Crippen LogP contribution is 2.28. The lowest BCUT2D eigenvalue weighted by atomic mass is 10.0. The number of halogens is 1. The molecule has 1 aliphatic rings.